The number of rotatable bonds is 7. The van der Waals surface area contributed by atoms with Gasteiger partial charge in [0.2, 0.25) is 0 Å². The Labute approximate surface area is 297 Å². The van der Waals surface area contributed by atoms with E-state index in [0.29, 0.717) is 0 Å². The monoisotopic (exact) mass is 756 g/mol. The number of unbranched alkanes of at least 4 members (excludes halogenated alkanes) is 1. The van der Waals surface area contributed by atoms with Crippen LogP contribution in [-0.4, -0.2) is 15.2 Å². The van der Waals surface area contributed by atoms with E-state index in [2.05, 4.69) is 99.8 Å². The van der Waals surface area contributed by atoms with Crippen molar-refractivity contribution < 1.29 is 20.8 Å². The molecule has 4 rings (SSSR count). The van der Waals surface area contributed by atoms with Gasteiger partial charge in [0, 0.05) is 15.2 Å². The van der Waals surface area contributed by atoms with E-state index in [9.17, 15) is 0 Å². The van der Waals surface area contributed by atoms with Gasteiger partial charge < -0.3 is 14.9 Å². The third kappa shape index (κ3) is 9.63. The summed E-state index contributed by atoms with van der Waals surface area (Å²) in [5.41, 5.74) is 7.36. The molecule has 0 spiro atoms. The van der Waals surface area contributed by atoms with Gasteiger partial charge in [-0.3, -0.25) is 0 Å². The predicted octanol–water partition coefficient (Wildman–Crippen LogP) is 14.3. The third-order valence-corrected chi connectivity index (χ3v) is 33.7. The molecule has 0 radical (unpaired) electrons. The molecule has 0 heterocycles. The molecule has 1 aromatic carbocycles. The maximum atomic E-state index is 4.93. The fourth-order valence-corrected chi connectivity index (χ4v) is 24.7. The topological polar surface area (TPSA) is 0 Å². The number of hydrogen-bond acceptors (Lipinski definition) is 0. The van der Waals surface area contributed by atoms with E-state index in [1.54, 1.807) is 36.0 Å². The standard InChI is InChI=1S/C37H66Si2.2CH3.2ClH.Zr/c1-13-14-16-27-19-20-31(22-27)38(9,10)39(11,12)35-26(2)21-34-32(17-15-18-33(34)35)28-23-29(36(3,4)5)25-30(24-28)37(6,7)8;;;;;/h23-27,31-35H,13-22H2,1-12H3;2*1H3;2*1H;/q;2*-1;;;+4/p-2. The molecule has 5 heteroatoms. The van der Waals surface area contributed by atoms with Crippen molar-refractivity contribution in [2.75, 3.05) is 0 Å². The molecule has 0 nitrogen and oxygen atoms in total. The Morgan fingerprint density at radius 2 is 1.32 bits per heavy atom. The van der Waals surface area contributed by atoms with Gasteiger partial charge in [-0.15, -0.1) is 0 Å². The fraction of sp³-hybridized carbons (Fsp3) is 0.795. The molecule has 3 aliphatic carbocycles. The molecule has 0 aromatic heterocycles. The Kier molecular flexibility index (Phi) is 16.8. The second-order valence-electron chi connectivity index (χ2n) is 18.0. The number of fused-ring (bicyclic) bond motifs is 1. The Morgan fingerprint density at radius 1 is 0.773 bits per heavy atom. The zero-order valence-electron chi connectivity index (χ0n) is 31.6. The van der Waals surface area contributed by atoms with E-state index >= 15 is 0 Å². The molecule has 0 amide bonds. The fourth-order valence-electron chi connectivity index (χ4n) is 9.92. The van der Waals surface area contributed by atoms with Crippen LogP contribution in [0.15, 0.2) is 18.2 Å². The molecule has 3 fully saturated rings. The average Bonchev–Trinajstić information content (AvgIpc) is 3.50. The second kappa shape index (κ2) is 17.2. The number of benzene rings is 1. The molecule has 7 atom stereocenters. The molecule has 254 valence electrons. The van der Waals surface area contributed by atoms with Crippen LogP contribution in [0.3, 0.4) is 0 Å². The summed E-state index contributed by atoms with van der Waals surface area (Å²) in [4.78, 5) is 0. The van der Waals surface area contributed by atoms with E-state index in [-0.39, 0.29) is 25.7 Å². The molecular formula is C39H72Cl2Si2Zr. The Morgan fingerprint density at radius 3 is 1.82 bits per heavy atom. The Bertz CT molecular complexity index is 976. The van der Waals surface area contributed by atoms with Gasteiger partial charge in [-0.05, 0) is 81.0 Å². The minimum atomic E-state index is -1.37. The zero-order chi connectivity index (χ0) is 31.7. The van der Waals surface area contributed by atoms with Crippen molar-refractivity contribution in [1.29, 1.82) is 0 Å². The Hall–Kier alpha value is 1.12. The first-order chi connectivity index (χ1) is 19.4. The number of hydrogen-bond donors (Lipinski definition) is 0. The summed E-state index contributed by atoms with van der Waals surface area (Å²) in [6.45, 7) is 31.1. The van der Waals surface area contributed by atoms with Gasteiger partial charge in [0.1, 0.15) is 0 Å². The molecular weight excluding hydrogens is 687 g/mol. The van der Waals surface area contributed by atoms with Crippen LogP contribution in [-0.2, 0) is 31.7 Å². The van der Waals surface area contributed by atoms with Crippen LogP contribution in [0.1, 0.15) is 142 Å². The summed E-state index contributed by atoms with van der Waals surface area (Å²) >= 11 is -0.826. The van der Waals surface area contributed by atoms with Crippen molar-refractivity contribution >= 4 is 32.2 Å². The molecule has 3 saturated carbocycles. The van der Waals surface area contributed by atoms with Crippen molar-refractivity contribution in [3.8, 4) is 0 Å². The quantitative estimate of drug-likeness (QED) is 0.192. The first-order valence-electron chi connectivity index (χ1n) is 17.5. The summed E-state index contributed by atoms with van der Waals surface area (Å²) in [6.07, 6.45) is 14.9. The van der Waals surface area contributed by atoms with Crippen LogP contribution in [0.4, 0.5) is 0 Å². The van der Waals surface area contributed by atoms with Crippen LogP contribution in [0.2, 0.25) is 37.3 Å². The van der Waals surface area contributed by atoms with Crippen LogP contribution >= 0.6 is 17.0 Å². The van der Waals surface area contributed by atoms with Gasteiger partial charge in [0.25, 0.3) is 0 Å². The SMILES string of the molecule is CCCCC1CCC([Si](C)(C)[Si](C)(C)C2C(C)CC3C(c4cc(C(C)(C)C)cc(C(C)(C)C)c4)CCCC32)C1.[CH3-].[CH3-].[Cl][Zr+2][Cl]. The van der Waals surface area contributed by atoms with Crippen molar-refractivity contribution in [2.24, 2.45) is 23.7 Å². The summed E-state index contributed by atoms with van der Waals surface area (Å²) in [5.74, 6) is 4.66. The van der Waals surface area contributed by atoms with Crippen LogP contribution in [0.25, 0.3) is 0 Å². The summed E-state index contributed by atoms with van der Waals surface area (Å²) < 4.78 is 0. The van der Waals surface area contributed by atoms with Gasteiger partial charge >= 0.3 is 37.9 Å². The van der Waals surface area contributed by atoms with Gasteiger partial charge in [-0.1, -0.05) is 151 Å². The Balaban J connectivity index is 0.00000186. The summed E-state index contributed by atoms with van der Waals surface area (Å²) in [5, 5.41) is 0. The van der Waals surface area contributed by atoms with E-state index < -0.39 is 36.0 Å². The van der Waals surface area contributed by atoms with Gasteiger partial charge in [-0.25, -0.2) is 0 Å². The molecule has 0 bridgehead atoms. The van der Waals surface area contributed by atoms with Crippen LogP contribution in [0, 0.1) is 38.5 Å². The van der Waals surface area contributed by atoms with Crippen molar-refractivity contribution in [3.05, 3.63) is 49.7 Å². The predicted molar refractivity (Wildman–Crippen MR) is 205 cm³/mol. The molecule has 0 N–H and O–H groups in total. The summed E-state index contributed by atoms with van der Waals surface area (Å²) in [7, 11) is 7.21. The van der Waals surface area contributed by atoms with Crippen molar-refractivity contribution in [2.45, 2.75) is 174 Å². The zero-order valence-corrected chi connectivity index (χ0v) is 37.6. The molecule has 0 saturated heterocycles. The normalized spacial score (nSPS) is 29.0. The van der Waals surface area contributed by atoms with Gasteiger partial charge in [0.05, 0.1) is 0 Å². The van der Waals surface area contributed by atoms with Crippen molar-refractivity contribution in [1.82, 2.24) is 0 Å². The van der Waals surface area contributed by atoms with E-state index in [4.69, 9.17) is 17.0 Å². The summed E-state index contributed by atoms with van der Waals surface area (Å²) in [6, 6.07) is 7.83. The molecule has 7 unspecified atom stereocenters. The van der Waals surface area contributed by atoms with Crippen molar-refractivity contribution in [3.63, 3.8) is 0 Å². The van der Waals surface area contributed by atoms with Crippen LogP contribution in [0.5, 0.6) is 0 Å². The van der Waals surface area contributed by atoms with Crippen LogP contribution < -0.4 is 0 Å². The molecule has 44 heavy (non-hydrogen) atoms. The minimum absolute atomic E-state index is 0. The first-order valence-corrected chi connectivity index (χ1v) is 31.0. The molecule has 1 aromatic rings. The maximum absolute atomic E-state index is 4.93. The second-order valence-corrected chi connectivity index (χ2v) is 37.8. The number of halogens is 2. The third-order valence-electron chi connectivity index (χ3n) is 13.0. The first kappa shape index (κ1) is 43.1. The van der Waals surface area contributed by atoms with Gasteiger partial charge in [0.15, 0.2) is 0 Å². The average molecular weight is 759 g/mol. The van der Waals surface area contributed by atoms with Gasteiger partial charge in [-0.2, -0.15) is 0 Å². The van der Waals surface area contributed by atoms with E-state index in [1.807, 2.05) is 0 Å². The molecule has 3 aliphatic rings. The van der Waals surface area contributed by atoms with E-state index in [0.717, 1.165) is 40.7 Å². The molecule has 0 aliphatic heterocycles. The van der Waals surface area contributed by atoms with E-state index in [1.165, 1.54) is 44.9 Å².